The lowest BCUT2D eigenvalue weighted by atomic mass is 10.0. The van der Waals surface area contributed by atoms with E-state index in [2.05, 4.69) is 181 Å². The van der Waals surface area contributed by atoms with E-state index >= 15 is 0 Å². The third-order valence-electron chi connectivity index (χ3n) is 12.9. The number of unbranched alkanes of at least 4 members (excludes halogenated alkanes) is 10. The van der Waals surface area contributed by atoms with E-state index in [1.54, 1.807) is 0 Å². The molecule has 0 N–H and O–H groups in total. The second-order valence-electron chi connectivity index (χ2n) is 17.1. The number of aryl methyl sites for hydroxylation is 2. The van der Waals surface area contributed by atoms with E-state index in [1.165, 1.54) is 165 Å². The summed E-state index contributed by atoms with van der Waals surface area (Å²) in [7, 11) is 0. The Morgan fingerprint density at radius 3 is 1.07 bits per heavy atom. The molecule has 302 valence electrons. The van der Waals surface area contributed by atoms with Crippen LogP contribution in [0.25, 0.3) is 77.2 Å². The average Bonchev–Trinajstić information content (AvgIpc) is 3.80. The molecule has 0 amide bonds. The molecule has 0 unspecified atom stereocenters. The summed E-state index contributed by atoms with van der Waals surface area (Å²) in [6.07, 6.45) is 18.2. The van der Waals surface area contributed by atoms with Crippen molar-refractivity contribution in [2.45, 2.75) is 104 Å². The Kier molecular flexibility index (Phi) is 12.3. The number of hydrogen-bond acceptors (Lipinski definition) is 0. The second kappa shape index (κ2) is 18.6. The van der Waals surface area contributed by atoms with Crippen molar-refractivity contribution < 1.29 is 0 Å². The van der Waals surface area contributed by atoms with Crippen molar-refractivity contribution in [3.05, 3.63) is 169 Å². The molecule has 0 saturated heterocycles. The summed E-state index contributed by atoms with van der Waals surface area (Å²) in [5.74, 6) is 0. The molecule has 9 aromatic rings. The van der Waals surface area contributed by atoms with E-state index in [0.29, 0.717) is 0 Å². The van der Waals surface area contributed by atoms with Gasteiger partial charge in [-0.25, -0.2) is 0 Å². The molecule has 0 aliphatic rings. The molecular weight excluding hydrogens is 725 g/mol. The van der Waals surface area contributed by atoms with Gasteiger partial charge in [0.1, 0.15) is 0 Å². The van der Waals surface area contributed by atoms with Crippen molar-refractivity contribution in [3.8, 4) is 33.6 Å². The number of fused-ring (bicyclic) bond motifs is 6. The number of aromatic nitrogens is 2. The largest absolute Gasteiger partial charge is 0.309 e. The van der Waals surface area contributed by atoms with Gasteiger partial charge in [0.2, 0.25) is 0 Å². The highest BCUT2D eigenvalue weighted by atomic mass is 15.0. The van der Waals surface area contributed by atoms with Crippen molar-refractivity contribution in [2.75, 3.05) is 0 Å². The molecule has 2 aromatic heterocycles. The van der Waals surface area contributed by atoms with Gasteiger partial charge >= 0.3 is 0 Å². The highest BCUT2D eigenvalue weighted by Crippen LogP contribution is 2.42. The maximum atomic E-state index is 2.51. The van der Waals surface area contributed by atoms with Crippen LogP contribution >= 0.6 is 0 Å². The minimum atomic E-state index is 1.14. The molecule has 9 rings (SSSR count). The smallest absolute Gasteiger partial charge is 0.0548 e. The van der Waals surface area contributed by atoms with Crippen molar-refractivity contribution in [1.82, 2.24) is 9.13 Å². The van der Waals surface area contributed by atoms with Gasteiger partial charge in [-0.2, -0.15) is 0 Å². The van der Waals surface area contributed by atoms with Crippen LogP contribution in [0.4, 0.5) is 0 Å². The molecular formula is C58H60N2. The van der Waals surface area contributed by atoms with Gasteiger partial charge in [0, 0.05) is 32.9 Å². The number of rotatable bonds is 18. The molecule has 0 bridgehead atoms. The van der Waals surface area contributed by atoms with Crippen molar-refractivity contribution in [2.24, 2.45) is 0 Å². The van der Waals surface area contributed by atoms with Crippen molar-refractivity contribution in [3.63, 3.8) is 0 Å². The fraction of sp³-hybridized carbons (Fsp3) is 0.276. The Bertz CT molecular complexity index is 2610. The summed E-state index contributed by atoms with van der Waals surface area (Å²) in [6.45, 7) is 4.58. The maximum absolute atomic E-state index is 2.51. The molecule has 60 heavy (non-hydrogen) atoms. The zero-order valence-corrected chi connectivity index (χ0v) is 35.8. The molecule has 7 aromatic carbocycles. The predicted octanol–water partition coefficient (Wildman–Crippen LogP) is 17.0. The fourth-order valence-corrected chi connectivity index (χ4v) is 9.55. The van der Waals surface area contributed by atoms with E-state index < -0.39 is 0 Å². The lowest BCUT2D eigenvalue weighted by molar-refractivity contribution is 0.607. The molecule has 2 heterocycles. The van der Waals surface area contributed by atoms with Crippen molar-refractivity contribution >= 4 is 43.6 Å². The van der Waals surface area contributed by atoms with Gasteiger partial charge in [-0.1, -0.05) is 175 Å². The number of nitrogens with zero attached hydrogens (tertiary/aromatic N) is 2. The minimum Gasteiger partial charge on any atom is -0.309 e. The molecule has 0 fully saturated rings. The van der Waals surface area contributed by atoms with Gasteiger partial charge in [-0.15, -0.1) is 0 Å². The highest BCUT2D eigenvalue weighted by molar-refractivity contribution is 6.19. The Balaban J connectivity index is 1.19. The number of benzene rings is 7. The quantitative estimate of drug-likeness (QED) is 0.0767. The lowest BCUT2D eigenvalue weighted by Gasteiger charge is -2.11. The Morgan fingerprint density at radius 1 is 0.300 bits per heavy atom. The molecule has 0 radical (unpaired) electrons. The van der Waals surface area contributed by atoms with Gasteiger partial charge < -0.3 is 9.13 Å². The normalized spacial score (nSPS) is 11.8. The molecule has 0 saturated carbocycles. The Morgan fingerprint density at radius 2 is 0.667 bits per heavy atom. The molecule has 2 heteroatoms. The fourth-order valence-electron chi connectivity index (χ4n) is 9.55. The van der Waals surface area contributed by atoms with E-state index in [4.69, 9.17) is 0 Å². The summed E-state index contributed by atoms with van der Waals surface area (Å²) in [4.78, 5) is 0. The van der Waals surface area contributed by atoms with Crippen LogP contribution in [-0.2, 0) is 12.8 Å². The van der Waals surface area contributed by atoms with Crippen LogP contribution in [0.1, 0.15) is 102 Å². The van der Waals surface area contributed by atoms with Crippen LogP contribution in [-0.4, -0.2) is 9.13 Å². The molecule has 2 nitrogen and oxygen atoms in total. The third kappa shape index (κ3) is 8.30. The Labute approximate surface area is 357 Å². The molecule has 0 aliphatic carbocycles. The average molecular weight is 785 g/mol. The SMILES string of the molecule is CCCCCCCCc1ccc(-n2c3ccc(-c4ccccc4)cc3c3cc4c(cc32)c2cc(-c3ccccc3)ccc2n4-c2ccc(CCCCCCCC)cc2)cc1. The summed E-state index contributed by atoms with van der Waals surface area (Å²) in [6, 6.07) is 59.6. The highest BCUT2D eigenvalue weighted by Gasteiger charge is 2.20. The zero-order chi connectivity index (χ0) is 40.7. The zero-order valence-electron chi connectivity index (χ0n) is 35.8. The van der Waals surface area contributed by atoms with E-state index in [9.17, 15) is 0 Å². The first-order valence-electron chi connectivity index (χ1n) is 23.1. The van der Waals surface area contributed by atoms with Gasteiger partial charge in [0.15, 0.2) is 0 Å². The van der Waals surface area contributed by atoms with Crippen LogP contribution in [0.2, 0.25) is 0 Å². The first-order valence-corrected chi connectivity index (χ1v) is 23.1. The first-order chi connectivity index (χ1) is 29.7. The Hall–Kier alpha value is -5.86. The predicted molar refractivity (Wildman–Crippen MR) is 260 cm³/mol. The molecule has 0 aliphatic heterocycles. The van der Waals surface area contributed by atoms with E-state index in [-0.39, 0.29) is 0 Å². The van der Waals surface area contributed by atoms with E-state index in [0.717, 1.165) is 12.8 Å². The third-order valence-corrected chi connectivity index (χ3v) is 12.9. The standard InChI is InChI=1S/C58H60N2/c1-3-5-7-9-11-15-21-43-27-33-49(34-28-43)59-55-37-31-47(45-23-17-13-18-24-45)39-51(55)53-42-58-54(41-57(53)59)52-40-48(46-25-19-14-20-26-46)32-38-56(52)60(58)50-35-29-44(30-36-50)22-16-12-10-8-6-4-2/h13-14,17-20,23-42H,3-12,15-16,21-22H2,1-2H3. The first kappa shape index (κ1) is 39.6. The minimum absolute atomic E-state index is 1.14. The van der Waals surface area contributed by atoms with E-state index in [1.807, 2.05) is 0 Å². The second-order valence-corrected chi connectivity index (χ2v) is 17.1. The topological polar surface area (TPSA) is 9.86 Å². The lowest BCUT2D eigenvalue weighted by Crippen LogP contribution is -1.96. The summed E-state index contributed by atoms with van der Waals surface area (Å²) < 4.78 is 5.02. The molecule has 0 spiro atoms. The maximum Gasteiger partial charge on any atom is 0.0548 e. The van der Waals surface area contributed by atoms with Gasteiger partial charge in [-0.05, 0) is 120 Å². The van der Waals surface area contributed by atoms with Crippen LogP contribution in [0.15, 0.2) is 158 Å². The summed E-state index contributed by atoms with van der Waals surface area (Å²) >= 11 is 0. The number of hydrogen-bond donors (Lipinski definition) is 0. The van der Waals surface area contributed by atoms with Gasteiger partial charge in [0.25, 0.3) is 0 Å². The molecule has 0 atom stereocenters. The summed E-state index contributed by atoms with van der Waals surface area (Å²) in [5, 5.41) is 5.11. The van der Waals surface area contributed by atoms with Gasteiger partial charge in [0.05, 0.1) is 22.1 Å². The van der Waals surface area contributed by atoms with Gasteiger partial charge in [-0.3, -0.25) is 0 Å². The van der Waals surface area contributed by atoms with Crippen LogP contribution in [0, 0.1) is 0 Å². The van der Waals surface area contributed by atoms with Crippen LogP contribution in [0.3, 0.4) is 0 Å². The van der Waals surface area contributed by atoms with Crippen LogP contribution in [0.5, 0.6) is 0 Å². The summed E-state index contributed by atoms with van der Waals surface area (Å²) in [5.41, 5.74) is 15.2. The van der Waals surface area contributed by atoms with Crippen LogP contribution < -0.4 is 0 Å². The monoisotopic (exact) mass is 784 g/mol. The van der Waals surface area contributed by atoms with Crippen molar-refractivity contribution in [1.29, 1.82) is 0 Å².